The molecule has 0 aliphatic carbocycles. The summed E-state index contributed by atoms with van der Waals surface area (Å²) in [7, 11) is 0. The standard InChI is InChI=1S/C22H27ClN2O4/c1-16-5-6-20(29-15-22(27)28)18(11-16)14-24-7-9-25(10-8-24)21(26)13-17-3-2-4-19(23)12-17/h2-6,11-12,22,27-28H,7-10,13-15H2,1H3. The number of rotatable bonds is 7. The normalized spacial score (nSPS) is 15.0. The fraction of sp³-hybridized carbons (Fsp3) is 0.409. The Bertz CT molecular complexity index is 835. The van der Waals surface area contributed by atoms with Crippen molar-refractivity contribution in [2.75, 3.05) is 32.8 Å². The fourth-order valence-corrected chi connectivity index (χ4v) is 3.68. The second-order valence-corrected chi connectivity index (χ2v) is 7.80. The van der Waals surface area contributed by atoms with Gasteiger partial charge in [0.2, 0.25) is 5.91 Å². The highest BCUT2D eigenvalue weighted by Crippen LogP contribution is 2.23. The van der Waals surface area contributed by atoms with Gasteiger partial charge in [-0.1, -0.05) is 41.4 Å². The summed E-state index contributed by atoms with van der Waals surface area (Å²) in [6.07, 6.45) is -1.14. The smallest absolute Gasteiger partial charge is 0.227 e. The van der Waals surface area contributed by atoms with E-state index in [-0.39, 0.29) is 12.5 Å². The van der Waals surface area contributed by atoms with Crippen molar-refractivity contribution in [2.24, 2.45) is 0 Å². The van der Waals surface area contributed by atoms with E-state index in [2.05, 4.69) is 11.0 Å². The van der Waals surface area contributed by atoms with E-state index in [1.165, 1.54) is 0 Å². The fourth-order valence-electron chi connectivity index (χ4n) is 3.47. The highest BCUT2D eigenvalue weighted by molar-refractivity contribution is 6.30. The van der Waals surface area contributed by atoms with E-state index in [1.54, 1.807) is 6.07 Å². The third-order valence-electron chi connectivity index (χ3n) is 4.97. The van der Waals surface area contributed by atoms with Crippen molar-refractivity contribution in [2.45, 2.75) is 26.2 Å². The average molecular weight is 419 g/mol. The van der Waals surface area contributed by atoms with Crippen LogP contribution in [0.15, 0.2) is 42.5 Å². The number of aliphatic hydroxyl groups excluding tert-OH is 1. The molecule has 0 unspecified atom stereocenters. The number of aryl methyl sites for hydroxylation is 1. The summed E-state index contributed by atoms with van der Waals surface area (Å²) in [5, 5.41) is 18.8. The van der Waals surface area contributed by atoms with E-state index in [0.717, 1.165) is 29.8 Å². The summed E-state index contributed by atoms with van der Waals surface area (Å²) in [5.41, 5.74) is 3.05. The predicted octanol–water partition coefficient (Wildman–Crippen LogP) is 2.22. The van der Waals surface area contributed by atoms with Gasteiger partial charge < -0.3 is 19.8 Å². The van der Waals surface area contributed by atoms with Crippen molar-refractivity contribution in [1.82, 2.24) is 9.80 Å². The van der Waals surface area contributed by atoms with Crippen LogP contribution < -0.4 is 4.74 Å². The Morgan fingerprint density at radius 2 is 1.90 bits per heavy atom. The van der Waals surface area contributed by atoms with E-state index in [0.29, 0.717) is 36.8 Å². The molecule has 1 heterocycles. The topological polar surface area (TPSA) is 73.2 Å². The molecule has 0 atom stereocenters. The number of ether oxygens (including phenoxy) is 1. The lowest BCUT2D eigenvalue weighted by Crippen LogP contribution is -2.48. The summed E-state index contributed by atoms with van der Waals surface area (Å²) in [6, 6.07) is 13.3. The molecule has 0 spiro atoms. The molecular formula is C22H27ClN2O4. The Morgan fingerprint density at radius 3 is 2.59 bits per heavy atom. The first-order chi connectivity index (χ1) is 13.9. The molecular weight excluding hydrogens is 392 g/mol. The molecule has 2 N–H and O–H groups in total. The van der Waals surface area contributed by atoms with Crippen LogP contribution in [0.3, 0.4) is 0 Å². The number of halogens is 1. The third-order valence-corrected chi connectivity index (χ3v) is 5.20. The Morgan fingerprint density at radius 1 is 1.14 bits per heavy atom. The van der Waals surface area contributed by atoms with Crippen molar-refractivity contribution >= 4 is 17.5 Å². The number of amides is 1. The van der Waals surface area contributed by atoms with Gasteiger partial charge in [-0.25, -0.2) is 0 Å². The third kappa shape index (κ3) is 6.44. The van der Waals surface area contributed by atoms with Crippen LogP contribution in [-0.2, 0) is 17.8 Å². The van der Waals surface area contributed by atoms with Crippen molar-refractivity contribution in [3.05, 3.63) is 64.2 Å². The molecule has 6 nitrogen and oxygen atoms in total. The Hall–Kier alpha value is -2.12. The molecule has 1 amide bonds. The van der Waals surface area contributed by atoms with E-state index in [1.807, 2.05) is 42.2 Å². The zero-order valence-corrected chi connectivity index (χ0v) is 17.3. The van der Waals surface area contributed by atoms with E-state index < -0.39 is 6.29 Å². The number of benzene rings is 2. The minimum absolute atomic E-state index is 0.114. The van der Waals surface area contributed by atoms with Crippen molar-refractivity contribution in [3.63, 3.8) is 0 Å². The number of carbonyl (C=O) groups excluding carboxylic acids is 1. The maximum atomic E-state index is 12.6. The van der Waals surface area contributed by atoms with Crippen molar-refractivity contribution < 1.29 is 19.7 Å². The van der Waals surface area contributed by atoms with Crippen LogP contribution >= 0.6 is 11.6 Å². The molecule has 1 saturated heterocycles. The molecule has 1 fully saturated rings. The molecule has 0 radical (unpaired) electrons. The molecule has 0 aromatic heterocycles. The van der Waals surface area contributed by atoms with Gasteiger partial charge in [-0.15, -0.1) is 0 Å². The van der Waals surface area contributed by atoms with E-state index in [4.69, 9.17) is 26.6 Å². The Balaban J connectivity index is 1.54. The van der Waals surface area contributed by atoms with Crippen LogP contribution in [0.1, 0.15) is 16.7 Å². The highest BCUT2D eigenvalue weighted by Gasteiger charge is 2.22. The molecule has 3 rings (SSSR count). The van der Waals surface area contributed by atoms with Crippen molar-refractivity contribution in [3.8, 4) is 5.75 Å². The van der Waals surface area contributed by atoms with Gasteiger partial charge in [0.1, 0.15) is 12.4 Å². The number of hydrogen-bond acceptors (Lipinski definition) is 5. The summed E-state index contributed by atoms with van der Waals surface area (Å²) in [4.78, 5) is 16.8. The van der Waals surface area contributed by atoms with Gasteiger partial charge in [-0.3, -0.25) is 9.69 Å². The first kappa shape index (κ1) is 21.6. The quantitative estimate of drug-likeness (QED) is 0.674. The lowest BCUT2D eigenvalue weighted by atomic mass is 10.1. The maximum Gasteiger partial charge on any atom is 0.227 e. The molecule has 1 aliphatic rings. The number of aliphatic hydroxyl groups is 2. The number of carbonyl (C=O) groups is 1. The Kier molecular flexibility index (Phi) is 7.50. The first-order valence-electron chi connectivity index (χ1n) is 9.74. The van der Waals surface area contributed by atoms with E-state index >= 15 is 0 Å². The largest absolute Gasteiger partial charge is 0.488 e. The van der Waals surface area contributed by atoms with Gasteiger partial charge in [0.25, 0.3) is 0 Å². The molecule has 1 aliphatic heterocycles. The van der Waals surface area contributed by atoms with Gasteiger partial charge in [-0.05, 0) is 30.7 Å². The monoisotopic (exact) mass is 418 g/mol. The lowest BCUT2D eigenvalue weighted by molar-refractivity contribution is -0.132. The molecule has 2 aromatic carbocycles. The lowest BCUT2D eigenvalue weighted by Gasteiger charge is -2.35. The van der Waals surface area contributed by atoms with Gasteiger partial charge in [-0.2, -0.15) is 0 Å². The SMILES string of the molecule is Cc1ccc(OCC(O)O)c(CN2CCN(C(=O)Cc3cccc(Cl)c3)CC2)c1. The second-order valence-electron chi connectivity index (χ2n) is 7.37. The van der Waals surface area contributed by atoms with Gasteiger partial charge in [0.15, 0.2) is 6.29 Å². The minimum Gasteiger partial charge on any atom is -0.488 e. The maximum absolute atomic E-state index is 12.6. The van der Waals surface area contributed by atoms with Crippen LogP contribution in [0.2, 0.25) is 5.02 Å². The highest BCUT2D eigenvalue weighted by atomic mass is 35.5. The first-order valence-corrected chi connectivity index (χ1v) is 10.1. The summed E-state index contributed by atoms with van der Waals surface area (Å²) < 4.78 is 5.53. The predicted molar refractivity (Wildman–Crippen MR) is 112 cm³/mol. The van der Waals surface area contributed by atoms with Gasteiger partial charge >= 0.3 is 0 Å². The number of hydrogen-bond donors (Lipinski definition) is 2. The van der Waals surface area contributed by atoms with Gasteiger partial charge in [0, 0.05) is 43.3 Å². The minimum atomic E-state index is -1.50. The average Bonchev–Trinajstić information content (AvgIpc) is 2.68. The van der Waals surface area contributed by atoms with E-state index in [9.17, 15) is 4.79 Å². The summed E-state index contributed by atoms with van der Waals surface area (Å²) >= 11 is 6.00. The zero-order chi connectivity index (χ0) is 20.8. The van der Waals surface area contributed by atoms with Crippen LogP contribution in [0.5, 0.6) is 5.75 Å². The van der Waals surface area contributed by atoms with Crippen LogP contribution in [-0.4, -0.2) is 65.0 Å². The molecule has 156 valence electrons. The van der Waals surface area contributed by atoms with Crippen LogP contribution in [0, 0.1) is 6.92 Å². The van der Waals surface area contributed by atoms with Crippen LogP contribution in [0.4, 0.5) is 0 Å². The molecule has 0 saturated carbocycles. The van der Waals surface area contributed by atoms with Crippen molar-refractivity contribution in [1.29, 1.82) is 0 Å². The number of nitrogens with zero attached hydrogens (tertiary/aromatic N) is 2. The molecule has 29 heavy (non-hydrogen) atoms. The zero-order valence-electron chi connectivity index (χ0n) is 16.6. The number of piperazine rings is 1. The molecule has 2 aromatic rings. The Labute approximate surface area is 176 Å². The molecule has 0 bridgehead atoms. The summed E-state index contributed by atoms with van der Waals surface area (Å²) in [6.45, 7) is 5.44. The van der Waals surface area contributed by atoms with Gasteiger partial charge in [0.05, 0.1) is 6.42 Å². The van der Waals surface area contributed by atoms with Crippen LogP contribution in [0.25, 0.3) is 0 Å². The second kappa shape index (κ2) is 10.1. The molecule has 7 heteroatoms. The summed E-state index contributed by atoms with van der Waals surface area (Å²) in [5.74, 6) is 0.770.